The van der Waals surface area contributed by atoms with Gasteiger partial charge in [0.25, 0.3) is 11.8 Å². The number of carbonyl (C=O) groups excluding carboxylic acids is 2. The van der Waals surface area contributed by atoms with E-state index < -0.39 is 5.72 Å². The highest BCUT2D eigenvalue weighted by atomic mass is 16.5. The third-order valence-corrected chi connectivity index (χ3v) is 5.30. The largest absolute Gasteiger partial charge is 0.467 e. The van der Waals surface area contributed by atoms with Gasteiger partial charge < -0.3 is 15.0 Å². The normalized spacial score (nSPS) is 17.7. The zero-order valence-corrected chi connectivity index (χ0v) is 15.1. The molecule has 2 aromatic carbocycles. The van der Waals surface area contributed by atoms with Crippen LogP contribution in [-0.2, 0) is 0 Å². The Morgan fingerprint density at radius 3 is 2.57 bits per heavy atom. The Balaban J connectivity index is 1.33. The molecule has 0 radical (unpaired) electrons. The van der Waals surface area contributed by atoms with E-state index in [1.54, 1.807) is 17.0 Å². The van der Waals surface area contributed by atoms with Crippen LogP contribution in [0.25, 0.3) is 11.0 Å². The molecular formula is C21H18N4O3. The Morgan fingerprint density at radius 1 is 1.04 bits per heavy atom. The van der Waals surface area contributed by atoms with E-state index in [9.17, 15) is 9.59 Å². The molecular weight excluding hydrogens is 356 g/mol. The molecule has 1 aromatic heterocycles. The van der Waals surface area contributed by atoms with Crippen molar-refractivity contribution >= 4 is 22.8 Å². The second-order valence-corrected chi connectivity index (χ2v) is 7.08. The van der Waals surface area contributed by atoms with Gasteiger partial charge in [-0.25, -0.2) is 4.98 Å². The predicted molar refractivity (Wildman–Crippen MR) is 102 cm³/mol. The number of likely N-dealkylation sites (tertiary alicyclic amines) is 1. The average Bonchev–Trinajstić information content (AvgIpc) is 2.73. The molecule has 0 atom stereocenters. The number of para-hydroxylation sites is 3. The number of hydrogen-bond donors (Lipinski definition) is 1. The quantitative estimate of drug-likeness (QED) is 0.707. The highest BCUT2D eigenvalue weighted by Crippen LogP contribution is 2.33. The Bertz CT molecular complexity index is 1090. The SMILES string of the molecule is O=C1NC2(CCN(C(=O)c3cnc4ccccc4n3)CC2)Oc2ccccc21. The fraction of sp³-hybridized carbons (Fsp3) is 0.238. The van der Waals surface area contributed by atoms with Crippen molar-refractivity contribution in [3.63, 3.8) is 0 Å². The smallest absolute Gasteiger partial charge is 0.274 e. The van der Waals surface area contributed by atoms with E-state index in [1.165, 1.54) is 6.20 Å². The van der Waals surface area contributed by atoms with Gasteiger partial charge in [0, 0.05) is 25.9 Å². The highest BCUT2D eigenvalue weighted by Gasteiger charge is 2.43. The molecule has 7 heteroatoms. The first-order chi connectivity index (χ1) is 13.6. The molecule has 5 rings (SSSR count). The van der Waals surface area contributed by atoms with Gasteiger partial charge in [-0.15, -0.1) is 0 Å². The number of piperidine rings is 1. The topological polar surface area (TPSA) is 84.4 Å². The first-order valence-electron chi connectivity index (χ1n) is 9.25. The van der Waals surface area contributed by atoms with Gasteiger partial charge in [-0.3, -0.25) is 14.6 Å². The summed E-state index contributed by atoms with van der Waals surface area (Å²) in [4.78, 5) is 35.8. The van der Waals surface area contributed by atoms with Crippen molar-refractivity contribution in [3.05, 3.63) is 66.0 Å². The molecule has 140 valence electrons. The molecule has 0 unspecified atom stereocenters. The number of ether oxygens (including phenoxy) is 1. The lowest BCUT2D eigenvalue weighted by Crippen LogP contribution is -2.61. The minimum atomic E-state index is -0.767. The van der Waals surface area contributed by atoms with Crippen LogP contribution in [0.5, 0.6) is 5.75 Å². The van der Waals surface area contributed by atoms with Gasteiger partial charge in [-0.2, -0.15) is 0 Å². The lowest BCUT2D eigenvalue weighted by molar-refractivity contribution is -0.0246. The third-order valence-electron chi connectivity index (χ3n) is 5.30. The van der Waals surface area contributed by atoms with E-state index in [2.05, 4.69) is 15.3 Å². The van der Waals surface area contributed by atoms with Crippen LogP contribution < -0.4 is 10.1 Å². The van der Waals surface area contributed by atoms with Gasteiger partial charge in [0.05, 0.1) is 22.8 Å². The van der Waals surface area contributed by atoms with E-state index in [1.807, 2.05) is 36.4 Å². The number of benzene rings is 2. The number of hydrogen-bond acceptors (Lipinski definition) is 5. The Labute approximate surface area is 161 Å². The minimum Gasteiger partial charge on any atom is -0.467 e. The fourth-order valence-corrected chi connectivity index (χ4v) is 3.77. The number of nitrogens with zero attached hydrogens (tertiary/aromatic N) is 3. The Hall–Kier alpha value is -3.48. The molecule has 28 heavy (non-hydrogen) atoms. The van der Waals surface area contributed by atoms with Crippen molar-refractivity contribution in [2.24, 2.45) is 0 Å². The maximum Gasteiger partial charge on any atom is 0.274 e. The molecule has 7 nitrogen and oxygen atoms in total. The summed E-state index contributed by atoms with van der Waals surface area (Å²) in [6.07, 6.45) is 2.55. The second-order valence-electron chi connectivity index (χ2n) is 7.08. The summed E-state index contributed by atoms with van der Waals surface area (Å²) in [6.45, 7) is 0.936. The van der Waals surface area contributed by atoms with E-state index in [-0.39, 0.29) is 11.8 Å². The molecule has 2 aliphatic rings. The predicted octanol–water partition coefficient (Wildman–Crippen LogP) is 2.38. The molecule has 1 fully saturated rings. The van der Waals surface area contributed by atoms with Crippen LogP contribution in [0.1, 0.15) is 33.7 Å². The molecule has 1 spiro atoms. The maximum atomic E-state index is 12.9. The summed E-state index contributed by atoms with van der Waals surface area (Å²) < 4.78 is 6.12. The first-order valence-corrected chi connectivity index (χ1v) is 9.25. The van der Waals surface area contributed by atoms with Crippen molar-refractivity contribution in [1.82, 2.24) is 20.2 Å². The molecule has 2 aliphatic heterocycles. The van der Waals surface area contributed by atoms with Crippen molar-refractivity contribution in [2.75, 3.05) is 13.1 Å². The zero-order valence-electron chi connectivity index (χ0n) is 15.1. The number of aromatic nitrogens is 2. The number of nitrogens with one attached hydrogen (secondary N) is 1. The number of rotatable bonds is 1. The third kappa shape index (κ3) is 2.76. The fourth-order valence-electron chi connectivity index (χ4n) is 3.77. The molecule has 0 aliphatic carbocycles. The van der Waals surface area contributed by atoms with Gasteiger partial charge in [-0.1, -0.05) is 24.3 Å². The lowest BCUT2D eigenvalue weighted by atomic mass is 9.96. The second kappa shape index (κ2) is 6.30. The maximum absolute atomic E-state index is 12.9. The molecule has 0 bridgehead atoms. The van der Waals surface area contributed by atoms with Gasteiger partial charge in [-0.05, 0) is 24.3 Å². The van der Waals surface area contributed by atoms with Crippen molar-refractivity contribution in [2.45, 2.75) is 18.6 Å². The van der Waals surface area contributed by atoms with Crippen molar-refractivity contribution in [3.8, 4) is 5.75 Å². The van der Waals surface area contributed by atoms with Crippen molar-refractivity contribution < 1.29 is 14.3 Å². The lowest BCUT2D eigenvalue weighted by Gasteiger charge is -2.44. The molecule has 1 N–H and O–H groups in total. The van der Waals surface area contributed by atoms with Crippen LogP contribution in [0.4, 0.5) is 0 Å². The first kappa shape index (κ1) is 16.7. The molecule has 1 saturated heterocycles. The zero-order chi connectivity index (χ0) is 19.1. The van der Waals surface area contributed by atoms with E-state index in [0.717, 1.165) is 5.52 Å². The van der Waals surface area contributed by atoms with E-state index in [4.69, 9.17) is 4.74 Å². The monoisotopic (exact) mass is 374 g/mol. The number of carbonyl (C=O) groups is 2. The van der Waals surface area contributed by atoms with E-state index >= 15 is 0 Å². The summed E-state index contributed by atoms with van der Waals surface area (Å²) in [5.74, 6) is 0.295. The number of fused-ring (bicyclic) bond motifs is 2. The highest BCUT2D eigenvalue weighted by molar-refractivity contribution is 5.98. The average molecular weight is 374 g/mol. The minimum absolute atomic E-state index is 0.137. The summed E-state index contributed by atoms with van der Waals surface area (Å²) in [7, 11) is 0. The van der Waals surface area contributed by atoms with Gasteiger partial charge in [0.1, 0.15) is 11.4 Å². The molecule has 2 amide bonds. The van der Waals surface area contributed by atoms with Crippen LogP contribution in [-0.4, -0.2) is 45.5 Å². The number of amides is 2. The van der Waals surface area contributed by atoms with Crippen LogP contribution >= 0.6 is 0 Å². The van der Waals surface area contributed by atoms with Crippen LogP contribution in [0.15, 0.2) is 54.7 Å². The summed E-state index contributed by atoms with van der Waals surface area (Å²) >= 11 is 0. The molecule has 3 heterocycles. The Kier molecular flexibility index (Phi) is 3.75. The summed E-state index contributed by atoms with van der Waals surface area (Å²) in [5.41, 5.74) is 1.55. The standard InChI is InChI=1S/C21H18N4O3/c26-19-14-5-1-4-8-18(14)28-21(24-19)9-11-25(12-10-21)20(27)17-13-22-15-6-2-3-7-16(15)23-17/h1-8,13H,9-12H2,(H,24,26). The summed E-state index contributed by atoms with van der Waals surface area (Å²) in [6, 6.07) is 14.7. The van der Waals surface area contributed by atoms with E-state index in [0.29, 0.717) is 48.5 Å². The summed E-state index contributed by atoms with van der Waals surface area (Å²) in [5, 5.41) is 2.98. The van der Waals surface area contributed by atoms with Crippen LogP contribution in [0.3, 0.4) is 0 Å². The van der Waals surface area contributed by atoms with Crippen molar-refractivity contribution in [1.29, 1.82) is 0 Å². The molecule has 0 saturated carbocycles. The molecule has 3 aromatic rings. The van der Waals surface area contributed by atoms with Gasteiger partial charge in [0.2, 0.25) is 0 Å². The van der Waals surface area contributed by atoms with Gasteiger partial charge in [0.15, 0.2) is 5.72 Å². The Morgan fingerprint density at radius 2 is 1.75 bits per heavy atom. The van der Waals surface area contributed by atoms with Gasteiger partial charge >= 0.3 is 0 Å². The van der Waals surface area contributed by atoms with Crippen LogP contribution in [0, 0.1) is 0 Å². The van der Waals surface area contributed by atoms with Crippen LogP contribution in [0.2, 0.25) is 0 Å².